The second kappa shape index (κ2) is 4.77. The summed E-state index contributed by atoms with van der Waals surface area (Å²) in [5.41, 5.74) is -0.242. The van der Waals surface area contributed by atoms with Crippen LogP contribution in [0, 0.1) is 0 Å². The van der Waals surface area contributed by atoms with Gasteiger partial charge in [0, 0.05) is 12.0 Å². The lowest BCUT2D eigenvalue weighted by molar-refractivity contribution is -0.143. The van der Waals surface area contributed by atoms with Crippen LogP contribution < -0.4 is 5.32 Å². The van der Waals surface area contributed by atoms with Gasteiger partial charge in [-0.3, -0.25) is 4.79 Å². The molecule has 0 saturated heterocycles. The summed E-state index contributed by atoms with van der Waals surface area (Å²) in [4.78, 5) is 11.0. The number of hydrogen-bond acceptors (Lipinski definition) is 2. The van der Waals surface area contributed by atoms with E-state index in [2.05, 4.69) is 5.32 Å². The standard InChI is InChI=1S/C9H16F3NO/c1-8(2,3)13-6-7(14)4-5-9(10,11)12/h13H,4-6H2,1-3H3. The molecular weight excluding hydrogens is 195 g/mol. The molecule has 0 aliphatic rings. The predicted octanol–water partition coefficient (Wildman–Crippen LogP) is 2.29. The summed E-state index contributed by atoms with van der Waals surface area (Å²) in [7, 11) is 0. The zero-order chi connectivity index (χ0) is 11.4. The van der Waals surface area contributed by atoms with Crippen LogP contribution in [-0.2, 0) is 4.79 Å². The highest BCUT2D eigenvalue weighted by Gasteiger charge is 2.27. The lowest BCUT2D eigenvalue weighted by Crippen LogP contribution is -2.39. The Kier molecular flexibility index (Phi) is 4.58. The fraction of sp³-hybridized carbons (Fsp3) is 0.889. The molecule has 0 fully saturated rings. The van der Waals surface area contributed by atoms with E-state index < -0.39 is 24.8 Å². The summed E-state index contributed by atoms with van der Waals surface area (Å²) in [5.74, 6) is -0.405. The van der Waals surface area contributed by atoms with Gasteiger partial charge in [0.25, 0.3) is 0 Å². The maximum atomic E-state index is 11.7. The van der Waals surface area contributed by atoms with Crippen molar-refractivity contribution in [3.63, 3.8) is 0 Å². The van der Waals surface area contributed by atoms with E-state index in [9.17, 15) is 18.0 Å². The molecule has 0 spiro atoms. The maximum Gasteiger partial charge on any atom is 0.389 e. The van der Waals surface area contributed by atoms with Gasteiger partial charge in [0.05, 0.1) is 13.0 Å². The highest BCUT2D eigenvalue weighted by molar-refractivity contribution is 5.80. The van der Waals surface area contributed by atoms with Crippen molar-refractivity contribution in [2.75, 3.05) is 6.54 Å². The van der Waals surface area contributed by atoms with E-state index in [4.69, 9.17) is 0 Å². The number of rotatable bonds is 4. The molecule has 0 atom stereocenters. The average Bonchev–Trinajstić information content (AvgIpc) is 1.94. The number of ketones is 1. The van der Waals surface area contributed by atoms with Crippen molar-refractivity contribution in [1.82, 2.24) is 5.32 Å². The lowest BCUT2D eigenvalue weighted by atomic mass is 10.1. The van der Waals surface area contributed by atoms with Crippen molar-refractivity contribution >= 4 is 5.78 Å². The summed E-state index contributed by atoms with van der Waals surface area (Å²) in [6.45, 7) is 5.55. The van der Waals surface area contributed by atoms with Crippen LogP contribution in [0.1, 0.15) is 33.6 Å². The molecule has 84 valence electrons. The molecule has 0 bridgehead atoms. The minimum atomic E-state index is -4.24. The molecule has 0 aliphatic heterocycles. The fourth-order valence-electron chi connectivity index (χ4n) is 0.733. The van der Waals surface area contributed by atoms with E-state index in [0.717, 1.165) is 0 Å². The third kappa shape index (κ3) is 9.51. The Morgan fingerprint density at radius 1 is 1.21 bits per heavy atom. The first-order valence-corrected chi connectivity index (χ1v) is 4.44. The summed E-state index contributed by atoms with van der Waals surface area (Å²) >= 11 is 0. The van der Waals surface area contributed by atoms with Gasteiger partial charge < -0.3 is 5.32 Å². The number of halogens is 3. The van der Waals surface area contributed by atoms with E-state index in [0.29, 0.717) is 0 Å². The molecule has 0 amide bonds. The second-order valence-corrected chi connectivity index (χ2v) is 4.26. The van der Waals surface area contributed by atoms with Crippen LogP contribution in [0.3, 0.4) is 0 Å². The molecule has 5 heteroatoms. The Morgan fingerprint density at radius 2 is 1.71 bits per heavy atom. The molecule has 14 heavy (non-hydrogen) atoms. The maximum absolute atomic E-state index is 11.7. The number of hydrogen-bond donors (Lipinski definition) is 1. The highest BCUT2D eigenvalue weighted by Crippen LogP contribution is 2.21. The molecule has 1 N–H and O–H groups in total. The van der Waals surface area contributed by atoms with Crippen LogP contribution in [0.15, 0.2) is 0 Å². The Bertz CT molecular complexity index is 173. The molecule has 2 nitrogen and oxygen atoms in total. The monoisotopic (exact) mass is 211 g/mol. The summed E-state index contributed by atoms with van der Waals surface area (Å²) in [6.07, 6.45) is -5.71. The van der Waals surface area contributed by atoms with Gasteiger partial charge in [-0.25, -0.2) is 0 Å². The van der Waals surface area contributed by atoms with Crippen LogP contribution in [-0.4, -0.2) is 24.0 Å². The van der Waals surface area contributed by atoms with Gasteiger partial charge in [-0.05, 0) is 20.8 Å². The van der Waals surface area contributed by atoms with Crippen LogP contribution >= 0.6 is 0 Å². The predicted molar refractivity (Wildman–Crippen MR) is 48.1 cm³/mol. The van der Waals surface area contributed by atoms with Gasteiger partial charge in [0.1, 0.15) is 5.78 Å². The first-order valence-electron chi connectivity index (χ1n) is 4.44. The normalized spacial score (nSPS) is 13.0. The number of alkyl halides is 3. The van der Waals surface area contributed by atoms with E-state index >= 15 is 0 Å². The van der Waals surface area contributed by atoms with Crippen LogP contribution in [0.2, 0.25) is 0 Å². The Morgan fingerprint density at radius 3 is 2.07 bits per heavy atom. The van der Waals surface area contributed by atoms with Crippen molar-refractivity contribution in [1.29, 1.82) is 0 Å². The van der Waals surface area contributed by atoms with Crippen molar-refractivity contribution in [2.24, 2.45) is 0 Å². The minimum absolute atomic E-state index is 0.000417. The molecule has 0 heterocycles. The molecule has 0 aliphatic carbocycles. The molecular formula is C9H16F3NO. The highest BCUT2D eigenvalue weighted by atomic mass is 19.4. The van der Waals surface area contributed by atoms with Crippen molar-refractivity contribution in [3.05, 3.63) is 0 Å². The smallest absolute Gasteiger partial charge is 0.305 e. The van der Waals surface area contributed by atoms with Crippen molar-refractivity contribution < 1.29 is 18.0 Å². The number of Topliss-reactive ketones (excluding diaryl/α,β-unsaturated/α-hetero) is 1. The van der Waals surface area contributed by atoms with Gasteiger partial charge >= 0.3 is 6.18 Å². The Balaban J connectivity index is 3.68. The van der Waals surface area contributed by atoms with E-state index in [1.807, 2.05) is 20.8 Å². The van der Waals surface area contributed by atoms with Gasteiger partial charge in [0.2, 0.25) is 0 Å². The average molecular weight is 211 g/mol. The van der Waals surface area contributed by atoms with Gasteiger partial charge in [-0.15, -0.1) is 0 Å². The van der Waals surface area contributed by atoms with Gasteiger partial charge in [-0.1, -0.05) is 0 Å². The largest absolute Gasteiger partial charge is 0.389 e. The topological polar surface area (TPSA) is 29.1 Å². The first kappa shape index (κ1) is 13.4. The number of nitrogens with one attached hydrogen (secondary N) is 1. The lowest BCUT2D eigenvalue weighted by Gasteiger charge is -2.19. The quantitative estimate of drug-likeness (QED) is 0.773. The molecule has 0 radical (unpaired) electrons. The zero-order valence-electron chi connectivity index (χ0n) is 8.66. The van der Waals surface area contributed by atoms with Crippen LogP contribution in [0.5, 0.6) is 0 Å². The van der Waals surface area contributed by atoms with E-state index in [-0.39, 0.29) is 12.1 Å². The summed E-state index contributed by atoms with van der Waals surface area (Å²) < 4.78 is 35.2. The van der Waals surface area contributed by atoms with Crippen LogP contribution in [0.4, 0.5) is 13.2 Å². The zero-order valence-corrected chi connectivity index (χ0v) is 8.66. The van der Waals surface area contributed by atoms with E-state index in [1.165, 1.54) is 0 Å². The van der Waals surface area contributed by atoms with E-state index in [1.54, 1.807) is 0 Å². The first-order chi connectivity index (χ1) is 6.10. The Labute approximate surface area is 81.9 Å². The summed E-state index contributed by atoms with van der Waals surface area (Å²) in [5, 5.41) is 2.84. The van der Waals surface area contributed by atoms with Crippen molar-refractivity contribution in [2.45, 2.75) is 45.3 Å². The van der Waals surface area contributed by atoms with Crippen molar-refractivity contribution in [3.8, 4) is 0 Å². The van der Waals surface area contributed by atoms with Crippen LogP contribution in [0.25, 0.3) is 0 Å². The fourth-order valence-corrected chi connectivity index (χ4v) is 0.733. The molecule has 0 aromatic heterocycles. The molecule has 0 aromatic carbocycles. The Hall–Kier alpha value is -0.580. The summed E-state index contributed by atoms with van der Waals surface area (Å²) in [6, 6.07) is 0. The molecule has 0 rings (SSSR count). The number of carbonyl (C=O) groups is 1. The SMILES string of the molecule is CC(C)(C)NCC(=O)CCC(F)(F)F. The second-order valence-electron chi connectivity index (χ2n) is 4.26. The molecule has 0 saturated carbocycles. The third-order valence-corrected chi connectivity index (χ3v) is 1.50. The van der Waals surface area contributed by atoms with Gasteiger partial charge in [0.15, 0.2) is 0 Å². The molecule has 0 aromatic rings. The van der Waals surface area contributed by atoms with Gasteiger partial charge in [-0.2, -0.15) is 13.2 Å². The molecule has 0 unspecified atom stereocenters. The third-order valence-electron chi connectivity index (χ3n) is 1.50. The minimum Gasteiger partial charge on any atom is -0.305 e. The number of carbonyl (C=O) groups excluding carboxylic acids is 1.